The molecule has 3 rings (SSSR count). The molecular weight excluding hydrogens is 532 g/mol. The Bertz CT molecular complexity index is 929. The fourth-order valence-electron chi connectivity index (χ4n) is 5.12. The van der Waals surface area contributed by atoms with Crippen LogP contribution in [-0.4, -0.2) is 57.5 Å². The Balaban J connectivity index is 1.88. The third-order valence-electron chi connectivity index (χ3n) is 7.76. The quantitative estimate of drug-likeness (QED) is 0.137. The van der Waals surface area contributed by atoms with Gasteiger partial charge >= 0.3 is 0 Å². The first-order chi connectivity index (χ1) is 20.1. The maximum Gasteiger partial charge on any atom is 0.121 e. The summed E-state index contributed by atoms with van der Waals surface area (Å²) < 4.78 is 32.9. The summed E-state index contributed by atoms with van der Waals surface area (Å²) in [7, 11) is 0. The number of rotatable bonds is 21. The molecule has 0 saturated carbocycles. The second kappa shape index (κ2) is 19.8. The fraction of sp³-hybridized carbons (Fsp3) is 0.714. The van der Waals surface area contributed by atoms with E-state index in [9.17, 15) is 0 Å². The Labute approximate surface area is 254 Å². The molecule has 41 heavy (non-hydrogen) atoms. The van der Waals surface area contributed by atoms with Crippen molar-refractivity contribution in [2.24, 2.45) is 0 Å². The molecule has 0 amide bonds. The molecule has 1 aromatic heterocycles. The predicted octanol–water partition coefficient (Wildman–Crippen LogP) is 8.71. The molecular formula is C35H56O5S. The van der Waals surface area contributed by atoms with E-state index in [1.165, 1.54) is 20.9 Å². The van der Waals surface area contributed by atoms with Crippen molar-refractivity contribution in [1.82, 2.24) is 0 Å². The van der Waals surface area contributed by atoms with Crippen LogP contribution in [0.4, 0.5) is 0 Å². The summed E-state index contributed by atoms with van der Waals surface area (Å²) in [5.74, 6) is 0. The summed E-state index contributed by atoms with van der Waals surface area (Å²) in [6, 6.07) is 13.5. The Morgan fingerprint density at radius 3 is 1.80 bits per heavy atom. The Morgan fingerprint density at radius 1 is 0.634 bits per heavy atom. The Hall–Kier alpha value is -1.28. The average Bonchev–Trinajstić information content (AvgIpc) is 3.45. The molecule has 2 heterocycles. The first-order valence-electron chi connectivity index (χ1n) is 16.4. The van der Waals surface area contributed by atoms with Gasteiger partial charge < -0.3 is 23.7 Å². The largest absolute Gasteiger partial charge is 0.379 e. The first-order valence-corrected chi connectivity index (χ1v) is 17.2. The maximum absolute atomic E-state index is 6.93. The zero-order valence-corrected chi connectivity index (χ0v) is 27.2. The summed E-state index contributed by atoms with van der Waals surface area (Å²) in [6.07, 6.45) is 9.37. The molecule has 5 atom stereocenters. The summed E-state index contributed by atoms with van der Waals surface area (Å²) in [6.45, 7) is 14.3. The van der Waals surface area contributed by atoms with Crippen LogP contribution in [0.3, 0.4) is 0 Å². The molecule has 0 spiro atoms. The SMILES string of the molecule is CCCCOC[C@H]1O[C@@H](c2ccc(Cc3ccc(CC)cc3)s2)[C@H](OCCCC)[C@@H](OCCCC)[C@@H]1OCCCC. The molecule has 2 aromatic rings. The van der Waals surface area contributed by atoms with Crippen molar-refractivity contribution in [2.45, 2.75) is 129 Å². The molecule has 232 valence electrons. The minimum absolute atomic E-state index is 0.207. The second-order valence-electron chi connectivity index (χ2n) is 11.2. The lowest BCUT2D eigenvalue weighted by atomic mass is 9.93. The molecule has 0 bridgehead atoms. The lowest BCUT2D eigenvalue weighted by Crippen LogP contribution is -2.58. The molecule has 5 nitrogen and oxygen atoms in total. The number of ether oxygens (including phenoxy) is 5. The van der Waals surface area contributed by atoms with Crippen LogP contribution in [0.25, 0.3) is 0 Å². The van der Waals surface area contributed by atoms with Crippen LogP contribution < -0.4 is 0 Å². The van der Waals surface area contributed by atoms with Crippen LogP contribution in [0.2, 0.25) is 0 Å². The van der Waals surface area contributed by atoms with Gasteiger partial charge in [0.15, 0.2) is 0 Å². The van der Waals surface area contributed by atoms with Gasteiger partial charge in [0.1, 0.15) is 30.5 Å². The molecule has 1 fully saturated rings. The molecule has 1 aliphatic rings. The van der Waals surface area contributed by atoms with Gasteiger partial charge in [-0.05, 0) is 55.4 Å². The third-order valence-corrected chi connectivity index (χ3v) is 8.90. The van der Waals surface area contributed by atoms with E-state index >= 15 is 0 Å². The van der Waals surface area contributed by atoms with Gasteiger partial charge in [-0.2, -0.15) is 0 Å². The van der Waals surface area contributed by atoms with Gasteiger partial charge in [-0.3, -0.25) is 0 Å². The van der Waals surface area contributed by atoms with Crippen LogP contribution in [0.15, 0.2) is 36.4 Å². The minimum Gasteiger partial charge on any atom is -0.379 e. The van der Waals surface area contributed by atoms with Gasteiger partial charge in [-0.1, -0.05) is 84.6 Å². The lowest BCUT2D eigenvalue weighted by Gasteiger charge is -2.46. The molecule has 0 N–H and O–H groups in total. The topological polar surface area (TPSA) is 46.2 Å². The Kier molecular flexibility index (Phi) is 16.5. The van der Waals surface area contributed by atoms with E-state index in [-0.39, 0.29) is 30.5 Å². The van der Waals surface area contributed by atoms with Crippen molar-refractivity contribution in [2.75, 3.05) is 33.0 Å². The summed E-state index contributed by atoms with van der Waals surface area (Å²) in [4.78, 5) is 2.53. The number of aryl methyl sites for hydroxylation is 1. The monoisotopic (exact) mass is 588 g/mol. The minimum atomic E-state index is -0.229. The van der Waals surface area contributed by atoms with Gasteiger partial charge in [0.25, 0.3) is 0 Å². The highest BCUT2D eigenvalue weighted by Gasteiger charge is 2.49. The maximum atomic E-state index is 6.93. The van der Waals surface area contributed by atoms with Crippen LogP contribution in [-0.2, 0) is 36.5 Å². The third kappa shape index (κ3) is 11.1. The predicted molar refractivity (Wildman–Crippen MR) is 170 cm³/mol. The van der Waals surface area contributed by atoms with Crippen LogP contribution >= 0.6 is 11.3 Å². The molecule has 0 radical (unpaired) electrons. The first kappa shape index (κ1) is 34.2. The van der Waals surface area contributed by atoms with E-state index < -0.39 is 0 Å². The van der Waals surface area contributed by atoms with Gasteiger partial charge in [-0.25, -0.2) is 0 Å². The van der Waals surface area contributed by atoms with Gasteiger partial charge in [0.05, 0.1) is 6.61 Å². The number of hydrogen-bond donors (Lipinski definition) is 0. The van der Waals surface area contributed by atoms with Gasteiger partial charge in [0.2, 0.25) is 0 Å². The average molecular weight is 589 g/mol. The lowest BCUT2D eigenvalue weighted by molar-refractivity contribution is -0.267. The number of unbranched alkanes of at least 4 members (excludes halogenated alkanes) is 4. The van der Waals surface area contributed by atoms with Crippen molar-refractivity contribution < 1.29 is 23.7 Å². The van der Waals surface area contributed by atoms with E-state index in [4.69, 9.17) is 23.7 Å². The van der Waals surface area contributed by atoms with E-state index in [1.54, 1.807) is 0 Å². The zero-order chi connectivity index (χ0) is 29.3. The summed E-state index contributed by atoms with van der Waals surface area (Å²) in [5.41, 5.74) is 2.71. The van der Waals surface area contributed by atoms with Crippen molar-refractivity contribution in [1.29, 1.82) is 0 Å². The number of hydrogen-bond acceptors (Lipinski definition) is 6. The van der Waals surface area contributed by atoms with E-state index in [0.717, 1.165) is 70.8 Å². The standard InChI is InChI=1S/C35H56O5S/c1-6-11-21-36-26-30-32(37-22-12-7-2)34(38-23-13-8-3)35(39-24-14-9-4)33(40-30)31-20-19-29(41-31)25-28-17-15-27(10-5)16-18-28/h15-20,30,32-35H,6-14,21-26H2,1-5H3/t30-,32-,33+,34+,35+/m1/s1. The molecule has 1 aromatic carbocycles. The van der Waals surface area contributed by atoms with Crippen molar-refractivity contribution in [3.63, 3.8) is 0 Å². The Morgan fingerprint density at radius 2 is 1.20 bits per heavy atom. The van der Waals surface area contributed by atoms with Gasteiger partial charge in [-0.15, -0.1) is 11.3 Å². The number of benzene rings is 1. The van der Waals surface area contributed by atoms with Crippen molar-refractivity contribution in [3.8, 4) is 0 Å². The van der Waals surface area contributed by atoms with Gasteiger partial charge in [0, 0.05) is 42.6 Å². The molecule has 1 saturated heterocycles. The highest BCUT2D eigenvalue weighted by Crippen LogP contribution is 2.40. The fourth-order valence-corrected chi connectivity index (χ4v) is 6.24. The second-order valence-corrected chi connectivity index (χ2v) is 12.4. The van der Waals surface area contributed by atoms with E-state index in [0.29, 0.717) is 26.4 Å². The molecule has 6 heteroatoms. The van der Waals surface area contributed by atoms with Crippen LogP contribution in [0.1, 0.15) is 113 Å². The van der Waals surface area contributed by atoms with Crippen LogP contribution in [0, 0.1) is 0 Å². The molecule has 1 aliphatic heterocycles. The zero-order valence-electron chi connectivity index (χ0n) is 26.4. The molecule has 0 unspecified atom stereocenters. The van der Waals surface area contributed by atoms with Crippen molar-refractivity contribution >= 4 is 11.3 Å². The van der Waals surface area contributed by atoms with Crippen LogP contribution in [0.5, 0.6) is 0 Å². The summed E-state index contributed by atoms with van der Waals surface area (Å²) in [5, 5.41) is 0. The van der Waals surface area contributed by atoms with E-state index in [1.807, 2.05) is 11.3 Å². The number of thiophene rings is 1. The highest BCUT2D eigenvalue weighted by molar-refractivity contribution is 7.12. The smallest absolute Gasteiger partial charge is 0.121 e. The normalized spacial score (nSPS) is 22.8. The highest BCUT2D eigenvalue weighted by atomic mass is 32.1. The molecule has 0 aliphatic carbocycles. The van der Waals surface area contributed by atoms with Crippen molar-refractivity contribution in [3.05, 3.63) is 57.3 Å². The summed E-state index contributed by atoms with van der Waals surface area (Å²) >= 11 is 1.83. The van der Waals surface area contributed by atoms with E-state index in [2.05, 4.69) is 71.0 Å².